The summed E-state index contributed by atoms with van der Waals surface area (Å²) in [5.41, 5.74) is 0.0512. The molecule has 0 aromatic heterocycles. The summed E-state index contributed by atoms with van der Waals surface area (Å²) in [6, 6.07) is 6.91. The van der Waals surface area contributed by atoms with Gasteiger partial charge in [-0.25, -0.2) is 0 Å². The van der Waals surface area contributed by atoms with Crippen LogP contribution in [0.25, 0.3) is 0 Å². The normalized spacial score (nSPS) is 11.9. The van der Waals surface area contributed by atoms with Gasteiger partial charge in [0.25, 0.3) is 5.91 Å². The first-order chi connectivity index (χ1) is 9.20. The largest absolute Gasteiger partial charge is 0.430 e. The lowest BCUT2D eigenvalue weighted by Gasteiger charge is -2.21. The monoisotopic (exact) mass is 295 g/mol. The van der Waals surface area contributed by atoms with Crippen LogP contribution in [0, 0.1) is 5.41 Å². The SMILES string of the molecule is CC(=O)O/C(=C\C(=O)Nc1ccccc1Cl)C(C)(C)C. The molecule has 5 heteroatoms. The second-order valence-corrected chi connectivity index (χ2v) is 5.73. The number of amides is 1. The van der Waals surface area contributed by atoms with Crippen molar-refractivity contribution in [1.29, 1.82) is 0 Å². The molecule has 0 aliphatic carbocycles. The summed E-state index contributed by atoms with van der Waals surface area (Å²) in [5.74, 6) is -0.560. The average Bonchev–Trinajstić information content (AvgIpc) is 2.29. The van der Waals surface area contributed by atoms with Gasteiger partial charge in [0.2, 0.25) is 0 Å². The Morgan fingerprint density at radius 3 is 2.35 bits per heavy atom. The summed E-state index contributed by atoms with van der Waals surface area (Å²) in [7, 11) is 0. The molecule has 0 saturated heterocycles. The van der Waals surface area contributed by atoms with Crippen molar-refractivity contribution in [2.75, 3.05) is 5.32 Å². The summed E-state index contributed by atoms with van der Waals surface area (Å²) in [5, 5.41) is 3.09. The third-order valence-electron chi connectivity index (χ3n) is 2.39. The molecule has 0 unspecified atom stereocenters. The van der Waals surface area contributed by atoms with E-state index in [-0.39, 0.29) is 0 Å². The number of allylic oxidation sites excluding steroid dienone is 1. The van der Waals surface area contributed by atoms with Gasteiger partial charge < -0.3 is 10.1 Å². The van der Waals surface area contributed by atoms with E-state index in [0.717, 1.165) is 0 Å². The molecule has 4 nitrogen and oxygen atoms in total. The fourth-order valence-corrected chi connectivity index (χ4v) is 1.59. The van der Waals surface area contributed by atoms with Crippen LogP contribution in [0.2, 0.25) is 5.02 Å². The summed E-state index contributed by atoms with van der Waals surface area (Å²) in [6.45, 7) is 6.85. The Morgan fingerprint density at radius 2 is 1.85 bits per heavy atom. The van der Waals surface area contributed by atoms with Gasteiger partial charge in [-0.2, -0.15) is 0 Å². The van der Waals surface area contributed by atoms with E-state index in [1.807, 2.05) is 20.8 Å². The average molecular weight is 296 g/mol. The van der Waals surface area contributed by atoms with Gasteiger partial charge in [0.1, 0.15) is 5.76 Å². The molecule has 108 valence electrons. The number of ether oxygens (including phenoxy) is 1. The Balaban J connectivity index is 2.92. The summed E-state index contributed by atoms with van der Waals surface area (Å²) >= 11 is 5.96. The van der Waals surface area contributed by atoms with Crippen LogP contribution in [-0.2, 0) is 14.3 Å². The summed E-state index contributed by atoms with van der Waals surface area (Å²) < 4.78 is 5.08. The zero-order valence-corrected chi connectivity index (χ0v) is 12.7. The van der Waals surface area contributed by atoms with E-state index in [2.05, 4.69) is 5.32 Å². The first kappa shape index (κ1) is 16.2. The number of para-hydroxylation sites is 1. The summed E-state index contributed by atoms with van der Waals surface area (Å²) in [6.07, 6.45) is 1.27. The quantitative estimate of drug-likeness (QED) is 0.524. The predicted molar refractivity (Wildman–Crippen MR) is 79.4 cm³/mol. The zero-order valence-electron chi connectivity index (χ0n) is 12.0. The molecule has 1 N–H and O–H groups in total. The van der Waals surface area contributed by atoms with E-state index in [1.165, 1.54) is 13.0 Å². The van der Waals surface area contributed by atoms with Crippen LogP contribution in [0.15, 0.2) is 36.1 Å². The molecule has 0 aliphatic heterocycles. The molecule has 0 atom stereocenters. The van der Waals surface area contributed by atoms with Crippen molar-refractivity contribution in [3.05, 3.63) is 41.1 Å². The van der Waals surface area contributed by atoms with E-state index in [1.54, 1.807) is 24.3 Å². The van der Waals surface area contributed by atoms with Crippen LogP contribution in [-0.4, -0.2) is 11.9 Å². The number of benzene rings is 1. The van der Waals surface area contributed by atoms with Gasteiger partial charge in [-0.3, -0.25) is 9.59 Å². The molecular formula is C15H18ClNO3. The fraction of sp³-hybridized carbons (Fsp3) is 0.333. The number of carbonyl (C=O) groups is 2. The Morgan fingerprint density at radius 1 is 1.25 bits per heavy atom. The standard InChI is InChI=1S/C15H18ClNO3/c1-10(18)20-13(15(2,3)4)9-14(19)17-12-8-6-5-7-11(12)16/h5-9H,1-4H3,(H,17,19)/b13-9-. The van der Waals surface area contributed by atoms with Gasteiger partial charge in [0.15, 0.2) is 0 Å². The maximum atomic E-state index is 12.0. The van der Waals surface area contributed by atoms with Crippen LogP contribution in [0.5, 0.6) is 0 Å². The Labute approximate surface area is 123 Å². The van der Waals surface area contributed by atoms with Gasteiger partial charge in [0.05, 0.1) is 10.7 Å². The van der Waals surface area contributed by atoms with Gasteiger partial charge in [-0.15, -0.1) is 0 Å². The van der Waals surface area contributed by atoms with Gasteiger partial charge in [-0.05, 0) is 12.1 Å². The number of anilines is 1. The Kier molecular flexibility index (Phi) is 5.34. The number of rotatable bonds is 3. The van der Waals surface area contributed by atoms with Crippen LogP contribution in [0.1, 0.15) is 27.7 Å². The van der Waals surface area contributed by atoms with E-state index in [0.29, 0.717) is 16.5 Å². The van der Waals surface area contributed by atoms with Crippen LogP contribution >= 0.6 is 11.6 Å². The van der Waals surface area contributed by atoms with Crippen molar-refractivity contribution in [3.63, 3.8) is 0 Å². The third-order valence-corrected chi connectivity index (χ3v) is 2.72. The van der Waals surface area contributed by atoms with Crippen LogP contribution in [0.3, 0.4) is 0 Å². The molecule has 0 spiro atoms. The van der Waals surface area contributed by atoms with E-state index in [4.69, 9.17) is 16.3 Å². The first-order valence-corrected chi connectivity index (χ1v) is 6.54. The molecule has 0 radical (unpaired) electrons. The highest BCUT2D eigenvalue weighted by Crippen LogP contribution is 2.27. The smallest absolute Gasteiger partial charge is 0.307 e. The second kappa shape index (κ2) is 6.57. The number of carbonyl (C=O) groups excluding carboxylic acids is 2. The minimum atomic E-state index is -0.461. The van der Waals surface area contributed by atoms with Gasteiger partial charge in [0, 0.05) is 18.4 Å². The van der Waals surface area contributed by atoms with E-state index in [9.17, 15) is 9.59 Å². The molecule has 1 aromatic carbocycles. The molecule has 0 saturated carbocycles. The Bertz CT molecular complexity index is 544. The molecular weight excluding hydrogens is 278 g/mol. The molecule has 20 heavy (non-hydrogen) atoms. The maximum absolute atomic E-state index is 12.0. The van der Waals surface area contributed by atoms with Crippen molar-refractivity contribution in [2.24, 2.45) is 5.41 Å². The lowest BCUT2D eigenvalue weighted by Crippen LogP contribution is -2.19. The molecule has 1 aromatic rings. The number of halogens is 1. The molecule has 1 rings (SSSR count). The van der Waals surface area contributed by atoms with Crippen molar-refractivity contribution in [1.82, 2.24) is 0 Å². The van der Waals surface area contributed by atoms with Crippen molar-refractivity contribution in [3.8, 4) is 0 Å². The predicted octanol–water partition coefficient (Wildman–Crippen LogP) is 3.77. The summed E-state index contributed by atoms with van der Waals surface area (Å²) in [4.78, 5) is 23.0. The second-order valence-electron chi connectivity index (χ2n) is 5.32. The highest BCUT2D eigenvalue weighted by atomic mass is 35.5. The topological polar surface area (TPSA) is 55.4 Å². The lowest BCUT2D eigenvalue weighted by atomic mass is 9.93. The Hall–Kier alpha value is -1.81. The molecule has 0 aliphatic rings. The number of esters is 1. The van der Waals surface area contributed by atoms with Gasteiger partial charge in [-0.1, -0.05) is 44.5 Å². The van der Waals surface area contributed by atoms with E-state index < -0.39 is 17.3 Å². The molecule has 0 heterocycles. The van der Waals surface area contributed by atoms with Gasteiger partial charge >= 0.3 is 5.97 Å². The minimum Gasteiger partial charge on any atom is -0.430 e. The molecule has 0 fully saturated rings. The maximum Gasteiger partial charge on any atom is 0.307 e. The number of hydrogen-bond donors (Lipinski definition) is 1. The zero-order chi connectivity index (χ0) is 15.3. The molecule has 1 amide bonds. The third kappa shape index (κ3) is 5.05. The first-order valence-electron chi connectivity index (χ1n) is 6.16. The number of nitrogens with one attached hydrogen (secondary N) is 1. The highest BCUT2D eigenvalue weighted by molar-refractivity contribution is 6.33. The fourth-order valence-electron chi connectivity index (χ4n) is 1.40. The highest BCUT2D eigenvalue weighted by Gasteiger charge is 2.22. The van der Waals surface area contributed by atoms with Crippen LogP contribution < -0.4 is 5.32 Å². The lowest BCUT2D eigenvalue weighted by molar-refractivity contribution is -0.138. The minimum absolute atomic E-state index is 0.301. The van der Waals surface area contributed by atoms with Crippen molar-refractivity contribution in [2.45, 2.75) is 27.7 Å². The van der Waals surface area contributed by atoms with E-state index >= 15 is 0 Å². The molecule has 0 bridgehead atoms. The number of hydrogen-bond acceptors (Lipinski definition) is 3. The van der Waals surface area contributed by atoms with Crippen LogP contribution in [0.4, 0.5) is 5.69 Å². The van der Waals surface area contributed by atoms with Crippen molar-refractivity contribution >= 4 is 29.2 Å². The van der Waals surface area contributed by atoms with Crippen molar-refractivity contribution < 1.29 is 14.3 Å².